The van der Waals surface area contributed by atoms with Crippen molar-refractivity contribution in [1.29, 1.82) is 0 Å². The number of morpholine rings is 2. The molecule has 0 radical (unpaired) electrons. The van der Waals surface area contributed by atoms with E-state index in [1.165, 1.54) is 0 Å². The van der Waals surface area contributed by atoms with E-state index in [0.29, 0.717) is 64.5 Å². The van der Waals surface area contributed by atoms with Crippen molar-refractivity contribution < 1.29 is 35.0 Å². The van der Waals surface area contributed by atoms with Crippen molar-refractivity contribution in [1.82, 2.24) is 15.0 Å². The van der Waals surface area contributed by atoms with Crippen LogP contribution in [0.2, 0.25) is 0 Å². The molecule has 174 valence electrons. The molecule has 14 heteroatoms. The molecule has 3 rings (SSSR count). The van der Waals surface area contributed by atoms with E-state index >= 15 is 0 Å². The Labute approximate surface area is 178 Å². The van der Waals surface area contributed by atoms with Crippen molar-refractivity contribution in [3.63, 3.8) is 0 Å². The van der Waals surface area contributed by atoms with E-state index in [0.717, 1.165) is 6.21 Å². The first kappa shape index (κ1) is 23.5. The molecule has 0 aliphatic carbocycles. The molecule has 4 atom stereocenters. The molecule has 2 aliphatic rings. The summed E-state index contributed by atoms with van der Waals surface area (Å²) < 4.78 is 10.7. The normalized spacial score (nSPS) is 21.7. The summed E-state index contributed by atoms with van der Waals surface area (Å²) in [6, 6.07) is 0. The Morgan fingerprint density at radius 3 is 1.87 bits per heavy atom. The molecule has 0 unspecified atom stereocenters. The average molecular weight is 443 g/mol. The van der Waals surface area contributed by atoms with Gasteiger partial charge in [0.25, 0.3) is 0 Å². The fourth-order valence-corrected chi connectivity index (χ4v) is 3.01. The first-order valence-electron chi connectivity index (χ1n) is 10.0. The van der Waals surface area contributed by atoms with Gasteiger partial charge in [0.1, 0.15) is 24.4 Å². The lowest BCUT2D eigenvalue weighted by atomic mass is 10.0. The monoisotopic (exact) mass is 443 g/mol. The zero-order valence-electron chi connectivity index (χ0n) is 17.0. The van der Waals surface area contributed by atoms with Crippen LogP contribution < -0.4 is 15.2 Å². The molecular weight excluding hydrogens is 414 g/mol. The van der Waals surface area contributed by atoms with Gasteiger partial charge in [-0.1, -0.05) is 0 Å². The Balaban J connectivity index is 1.72. The van der Waals surface area contributed by atoms with Crippen LogP contribution in [0.3, 0.4) is 0 Å². The fraction of sp³-hybridized carbons (Fsp3) is 0.765. The number of hydrogen-bond acceptors (Lipinski definition) is 14. The van der Waals surface area contributed by atoms with Crippen LogP contribution in [0, 0.1) is 0 Å². The van der Waals surface area contributed by atoms with Gasteiger partial charge in [0.05, 0.1) is 39.2 Å². The van der Waals surface area contributed by atoms with Gasteiger partial charge in [-0.15, -0.1) is 0 Å². The summed E-state index contributed by atoms with van der Waals surface area (Å²) in [5.41, 5.74) is 2.60. The molecule has 2 aliphatic heterocycles. The molecule has 1 aromatic heterocycles. The van der Waals surface area contributed by atoms with Gasteiger partial charge in [0, 0.05) is 26.2 Å². The molecule has 0 spiro atoms. The molecule has 2 saturated heterocycles. The predicted octanol–water partition coefficient (Wildman–Crippen LogP) is -3.62. The number of hydrogen-bond donors (Lipinski definition) is 6. The Hall–Kier alpha value is -2.20. The zero-order chi connectivity index (χ0) is 22.2. The first-order valence-corrected chi connectivity index (χ1v) is 10.0. The molecule has 3 heterocycles. The minimum absolute atomic E-state index is 0.131. The Morgan fingerprint density at radius 2 is 1.39 bits per heavy atom. The largest absolute Gasteiger partial charge is 0.394 e. The van der Waals surface area contributed by atoms with Gasteiger partial charge in [0.2, 0.25) is 17.8 Å². The smallest absolute Gasteiger partial charge is 0.250 e. The van der Waals surface area contributed by atoms with E-state index in [1.807, 2.05) is 9.80 Å². The van der Waals surface area contributed by atoms with E-state index in [9.17, 15) is 20.4 Å². The highest BCUT2D eigenvalue weighted by Crippen LogP contribution is 2.18. The van der Waals surface area contributed by atoms with Crippen molar-refractivity contribution in [3.8, 4) is 0 Å². The van der Waals surface area contributed by atoms with Crippen LogP contribution in [0.4, 0.5) is 17.8 Å². The van der Waals surface area contributed by atoms with Crippen LogP contribution in [-0.2, 0) is 9.47 Å². The Bertz CT molecular complexity index is 680. The van der Waals surface area contributed by atoms with Gasteiger partial charge in [0.15, 0.2) is 0 Å². The van der Waals surface area contributed by atoms with E-state index < -0.39 is 31.0 Å². The fourth-order valence-electron chi connectivity index (χ4n) is 3.01. The minimum atomic E-state index is -1.75. The van der Waals surface area contributed by atoms with Gasteiger partial charge in [-0.05, 0) is 0 Å². The van der Waals surface area contributed by atoms with Gasteiger partial charge in [-0.2, -0.15) is 20.1 Å². The lowest BCUT2D eigenvalue weighted by molar-refractivity contribution is -0.0999. The minimum Gasteiger partial charge on any atom is -0.394 e. The maximum Gasteiger partial charge on any atom is 0.250 e. The quantitative estimate of drug-likeness (QED) is 0.162. The van der Waals surface area contributed by atoms with Crippen molar-refractivity contribution in [2.75, 3.05) is 74.4 Å². The summed E-state index contributed by atoms with van der Waals surface area (Å²) in [5.74, 6) is 1.05. The molecular formula is C17H29N7O7. The van der Waals surface area contributed by atoms with Gasteiger partial charge in [-0.25, -0.2) is 5.43 Å². The first-order chi connectivity index (χ1) is 15.0. The van der Waals surface area contributed by atoms with E-state index in [1.54, 1.807) is 0 Å². The molecule has 0 amide bonds. The number of nitrogens with one attached hydrogen (secondary N) is 1. The Morgan fingerprint density at radius 1 is 0.871 bits per heavy atom. The molecule has 2 fully saturated rings. The number of rotatable bonds is 9. The highest BCUT2D eigenvalue weighted by atomic mass is 16.5. The van der Waals surface area contributed by atoms with E-state index in [-0.39, 0.29) is 5.95 Å². The average Bonchev–Trinajstić information content (AvgIpc) is 2.83. The third-order valence-electron chi connectivity index (χ3n) is 4.87. The maximum atomic E-state index is 9.94. The van der Waals surface area contributed by atoms with Crippen LogP contribution in [0.5, 0.6) is 0 Å². The molecule has 31 heavy (non-hydrogen) atoms. The summed E-state index contributed by atoms with van der Waals surface area (Å²) >= 11 is 0. The van der Waals surface area contributed by atoms with Gasteiger partial charge in [-0.3, -0.25) is 0 Å². The summed E-state index contributed by atoms with van der Waals surface area (Å²) in [4.78, 5) is 17.2. The van der Waals surface area contributed by atoms with Crippen molar-refractivity contribution >= 4 is 24.1 Å². The number of aromatic nitrogens is 3. The molecule has 0 bridgehead atoms. The number of aliphatic hydroxyl groups is 5. The molecule has 14 nitrogen and oxygen atoms in total. The summed E-state index contributed by atoms with van der Waals surface area (Å²) in [6.45, 7) is 4.00. The maximum absolute atomic E-state index is 9.94. The zero-order valence-corrected chi connectivity index (χ0v) is 17.0. The number of ether oxygens (including phenoxy) is 2. The Kier molecular flexibility index (Phi) is 8.65. The van der Waals surface area contributed by atoms with Crippen molar-refractivity contribution in [2.24, 2.45) is 5.10 Å². The lowest BCUT2D eigenvalue weighted by Crippen LogP contribution is -2.46. The molecule has 0 aromatic carbocycles. The van der Waals surface area contributed by atoms with E-state index in [4.69, 9.17) is 14.6 Å². The second kappa shape index (κ2) is 11.4. The number of aliphatic hydroxyl groups excluding tert-OH is 5. The van der Waals surface area contributed by atoms with Gasteiger partial charge < -0.3 is 44.8 Å². The number of nitrogens with zero attached hydrogens (tertiary/aromatic N) is 6. The number of hydrazone groups is 1. The van der Waals surface area contributed by atoms with Crippen LogP contribution >= 0.6 is 0 Å². The predicted molar refractivity (Wildman–Crippen MR) is 109 cm³/mol. The van der Waals surface area contributed by atoms with Crippen molar-refractivity contribution in [3.05, 3.63) is 0 Å². The molecule has 1 aromatic rings. The van der Waals surface area contributed by atoms with Crippen LogP contribution in [0.1, 0.15) is 0 Å². The van der Waals surface area contributed by atoms with Crippen LogP contribution in [0.15, 0.2) is 5.10 Å². The third-order valence-corrected chi connectivity index (χ3v) is 4.87. The number of anilines is 3. The highest BCUT2D eigenvalue weighted by Gasteiger charge is 2.29. The molecule has 6 N–H and O–H groups in total. The topological polar surface area (TPSA) is 189 Å². The SMILES string of the molecule is OC[C@@H](O)[C@@H](O)[C@H](O)[C@H](O)/C=N\Nc1nc(N2CCOCC2)nc(N2CCOCC2)n1. The summed E-state index contributed by atoms with van der Waals surface area (Å²) in [7, 11) is 0. The van der Waals surface area contributed by atoms with Crippen molar-refractivity contribution in [2.45, 2.75) is 24.4 Å². The second-order valence-corrected chi connectivity index (χ2v) is 7.07. The van der Waals surface area contributed by atoms with Crippen LogP contribution in [0.25, 0.3) is 0 Å². The van der Waals surface area contributed by atoms with Crippen LogP contribution in [-0.4, -0.2) is 130 Å². The summed E-state index contributed by atoms with van der Waals surface area (Å²) in [6.07, 6.45) is -5.77. The third kappa shape index (κ3) is 6.39. The molecule has 0 saturated carbocycles. The lowest BCUT2D eigenvalue weighted by Gasteiger charge is -2.30. The highest BCUT2D eigenvalue weighted by molar-refractivity contribution is 5.64. The van der Waals surface area contributed by atoms with E-state index in [2.05, 4.69) is 25.5 Å². The standard InChI is InChI=1S/C17H29N7O7/c25-10-12(27)14(29)13(28)11(26)9-18-22-15-19-16(23-1-5-30-6-2-23)21-17(20-15)24-3-7-31-8-4-24/h9,11-14,25-29H,1-8,10H2,(H,19,20,21,22)/b18-9-/t11-,12-,13-,14-/m1/s1. The van der Waals surface area contributed by atoms with Gasteiger partial charge >= 0.3 is 0 Å². The summed E-state index contributed by atoms with van der Waals surface area (Å²) in [5, 5.41) is 51.5. The second-order valence-electron chi connectivity index (χ2n) is 7.07.